The lowest BCUT2D eigenvalue weighted by Gasteiger charge is -2.32. The van der Waals surface area contributed by atoms with Crippen LogP contribution < -0.4 is 0 Å². The van der Waals surface area contributed by atoms with E-state index in [-0.39, 0.29) is 11.7 Å². The first-order chi connectivity index (χ1) is 11.8. The number of carbonyl (C=O) groups is 1. The zero-order valence-electron chi connectivity index (χ0n) is 16.5. The van der Waals surface area contributed by atoms with Crippen molar-refractivity contribution >= 4 is 6.29 Å². The lowest BCUT2D eigenvalue weighted by atomic mass is 9.86. The molecule has 0 bridgehead atoms. The van der Waals surface area contributed by atoms with Crippen molar-refractivity contribution in [2.24, 2.45) is 0 Å². The van der Waals surface area contributed by atoms with Gasteiger partial charge in [0.25, 0.3) is 0 Å². The largest absolute Gasteiger partial charge is 0.508 e. The number of allylic oxidation sites excluding steroid dienone is 4. The maximum atomic E-state index is 11.2. The average molecular weight is 344 g/mol. The van der Waals surface area contributed by atoms with E-state index < -0.39 is 0 Å². The lowest BCUT2D eigenvalue weighted by molar-refractivity contribution is 0.112. The average Bonchev–Trinajstić information content (AvgIpc) is 2.57. The molecule has 0 saturated carbocycles. The molecule has 0 spiro atoms. The maximum absolute atomic E-state index is 11.2. The van der Waals surface area contributed by atoms with Crippen molar-refractivity contribution in [1.82, 2.24) is 4.90 Å². The zero-order chi connectivity index (χ0) is 19.0. The fraction of sp³-hybridized carbons (Fsp3) is 0.500. The lowest BCUT2D eigenvalue weighted by Crippen LogP contribution is -2.38. The number of hydrogen-bond donors (Lipinski definition) is 1. The molecule has 0 aliphatic rings. The van der Waals surface area contributed by atoms with E-state index in [1.54, 1.807) is 12.1 Å². The third kappa shape index (κ3) is 5.86. The molecule has 0 aliphatic heterocycles. The third-order valence-electron chi connectivity index (χ3n) is 4.66. The van der Waals surface area contributed by atoms with Crippen molar-refractivity contribution in [2.75, 3.05) is 6.54 Å². The van der Waals surface area contributed by atoms with Gasteiger partial charge in [-0.15, -0.1) is 0 Å². The Kier molecular flexibility index (Phi) is 8.64. The van der Waals surface area contributed by atoms with Gasteiger partial charge in [0.1, 0.15) is 12.0 Å². The van der Waals surface area contributed by atoms with Crippen molar-refractivity contribution in [3.63, 3.8) is 0 Å². The second-order valence-corrected chi connectivity index (χ2v) is 6.99. The molecule has 25 heavy (non-hydrogen) atoms. The molecule has 0 heterocycles. The molecule has 3 nitrogen and oxygen atoms in total. The van der Waals surface area contributed by atoms with Gasteiger partial charge in [-0.1, -0.05) is 18.2 Å². The van der Waals surface area contributed by atoms with Crippen molar-refractivity contribution < 1.29 is 9.90 Å². The second kappa shape index (κ2) is 10.2. The molecule has 1 N–H and O–H groups in total. The maximum Gasteiger partial charge on any atom is 0.150 e. The first-order valence-corrected chi connectivity index (χ1v) is 9.18. The van der Waals surface area contributed by atoms with Gasteiger partial charge in [-0.25, -0.2) is 0 Å². The van der Waals surface area contributed by atoms with Crippen LogP contribution in [0.15, 0.2) is 42.0 Å². The standard InChI is InChI=1S/C22H33NO2/c1-7-9-19(8-2)20(12-13-23(16(3)4)17(5)6)21-14-18(15-24)10-11-22(21)25/h7-11,14-17,20,25H,12-13H2,1-6H3/b9-7-,19-8+. The number of aldehydes is 1. The van der Waals surface area contributed by atoms with Crippen LogP contribution in [0.1, 0.15) is 69.8 Å². The Morgan fingerprint density at radius 1 is 1.16 bits per heavy atom. The number of hydrogen-bond acceptors (Lipinski definition) is 3. The fourth-order valence-corrected chi connectivity index (χ4v) is 3.42. The van der Waals surface area contributed by atoms with Crippen molar-refractivity contribution in [2.45, 2.75) is 66.0 Å². The van der Waals surface area contributed by atoms with Crippen LogP contribution in [0.25, 0.3) is 0 Å². The van der Waals surface area contributed by atoms with E-state index in [1.165, 1.54) is 0 Å². The molecule has 1 aromatic carbocycles. The molecule has 1 rings (SSSR count). The van der Waals surface area contributed by atoms with Crippen molar-refractivity contribution in [3.05, 3.63) is 53.1 Å². The molecule has 0 saturated heterocycles. The Morgan fingerprint density at radius 2 is 1.80 bits per heavy atom. The zero-order valence-corrected chi connectivity index (χ0v) is 16.5. The first kappa shape index (κ1) is 21.2. The Hall–Kier alpha value is -1.87. The van der Waals surface area contributed by atoms with Crippen LogP contribution in [0, 0.1) is 0 Å². The van der Waals surface area contributed by atoms with Gasteiger partial charge in [0.2, 0.25) is 0 Å². The van der Waals surface area contributed by atoms with E-state index in [9.17, 15) is 9.90 Å². The smallest absolute Gasteiger partial charge is 0.150 e. The molecule has 0 aromatic heterocycles. The van der Waals surface area contributed by atoms with Gasteiger partial charge in [-0.2, -0.15) is 0 Å². The highest BCUT2D eigenvalue weighted by Crippen LogP contribution is 2.35. The summed E-state index contributed by atoms with van der Waals surface area (Å²) in [6, 6.07) is 6.02. The minimum Gasteiger partial charge on any atom is -0.508 e. The molecule has 1 atom stereocenters. The molecule has 0 aliphatic carbocycles. The van der Waals surface area contributed by atoms with Gasteiger partial charge in [-0.3, -0.25) is 9.69 Å². The van der Waals surface area contributed by atoms with Gasteiger partial charge in [-0.05, 0) is 78.3 Å². The number of benzene rings is 1. The van der Waals surface area contributed by atoms with E-state index in [2.05, 4.69) is 44.7 Å². The minimum absolute atomic E-state index is 0.0566. The molecule has 3 heteroatoms. The molecule has 1 unspecified atom stereocenters. The summed E-state index contributed by atoms with van der Waals surface area (Å²) in [6.07, 6.45) is 7.92. The van der Waals surface area contributed by atoms with Crippen molar-refractivity contribution in [1.29, 1.82) is 0 Å². The molecular formula is C22H33NO2. The van der Waals surface area contributed by atoms with Gasteiger partial charge in [0.05, 0.1) is 0 Å². The Balaban J connectivity index is 3.24. The van der Waals surface area contributed by atoms with Crippen molar-refractivity contribution in [3.8, 4) is 5.75 Å². The van der Waals surface area contributed by atoms with Crippen LogP contribution >= 0.6 is 0 Å². The van der Waals surface area contributed by atoms with Gasteiger partial charge in [0, 0.05) is 29.1 Å². The van der Waals surface area contributed by atoms with Gasteiger partial charge < -0.3 is 5.11 Å². The molecule has 0 fully saturated rings. The van der Waals surface area contributed by atoms with Crippen LogP contribution in [0.5, 0.6) is 5.75 Å². The predicted octanol–water partition coefficient (Wildman–Crippen LogP) is 5.32. The number of carbonyl (C=O) groups excluding carboxylic acids is 1. The topological polar surface area (TPSA) is 40.5 Å². The third-order valence-corrected chi connectivity index (χ3v) is 4.66. The highest BCUT2D eigenvalue weighted by atomic mass is 16.3. The fourth-order valence-electron chi connectivity index (χ4n) is 3.42. The van der Waals surface area contributed by atoms with Crippen LogP contribution in [0.3, 0.4) is 0 Å². The summed E-state index contributed by atoms with van der Waals surface area (Å²) < 4.78 is 0. The first-order valence-electron chi connectivity index (χ1n) is 9.18. The number of phenols is 1. The molecule has 1 aromatic rings. The van der Waals surface area contributed by atoms with Crippen LogP contribution in [0.2, 0.25) is 0 Å². The molecule has 138 valence electrons. The number of nitrogens with zero attached hydrogens (tertiary/aromatic N) is 1. The number of rotatable bonds is 9. The summed E-state index contributed by atoms with van der Waals surface area (Å²) in [5.74, 6) is 0.307. The second-order valence-electron chi connectivity index (χ2n) is 6.99. The normalized spacial score (nSPS) is 14.0. The monoisotopic (exact) mass is 343 g/mol. The summed E-state index contributed by atoms with van der Waals surface area (Å²) >= 11 is 0. The quantitative estimate of drug-likeness (QED) is 0.487. The minimum atomic E-state index is 0.0566. The van der Waals surface area contributed by atoms with E-state index in [0.29, 0.717) is 17.6 Å². The number of phenolic OH excluding ortho intramolecular Hbond substituents is 1. The summed E-state index contributed by atoms with van der Waals surface area (Å²) in [5.41, 5.74) is 2.58. The molecule has 0 radical (unpaired) electrons. The summed E-state index contributed by atoms with van der Waals surface area (Å²) in [5, 5.41) is 10.4. The highest BCUT2D eigenvalue weighted by molar-refractivity contribution is 5.76. The van der Waals surface area contributed by atoms with Crippen LogP contribution in [-0.2, 0) is 0 Å². The van der Waals surface area contributed by atoms with Gasteiger partial charge >= 0.3 is 0 Å². The summed E-state index contributed by atoms with van der Waals surface area (Å²) in [4.78, 5) is 13.6. The number of aromatic hydroxyl groups is 1. The predicted molar refractivity (Wildman–Crippen MR) is 106 cm³/mol. The van der Waals surface area contributed by atoms with Gasteiger partial charge in [0.15, 0.2) is 0 Å². The summed E-state index contributed by atoms with van der Waals surface area (Å²) in [7, 11) is 0. The van der Waals surface area contributed by atoms with E-state index >= 15 is 0 Å². The molecule has 0 amide bonds. The molecular weight excluding hydrogens is 310 g/mol. The van der Waals surface area contributed by atoms with E-state index in [4.69, 9.17) is 0 Å². The Labute approximate surface area is 153 Å². The van der Waals surface area contributed by atoms with E-state index in [0.717, 1.165) is 30.4 Å². The SMILES string of the molecule is C/C=C\C(=C/C)C(CCN(C(C)C)C(C)C)c1cc(C=O)ccc1O. The Morgan fingerprint density at radius 3 is 2.28 bits per heavy atom. The van der Waals surface area contributed by atoms with Crippen LogP contribution in [0.4, 0.5) is 0 Å². The van der Waals surface area contributed by atoms with Crippen LogP contribution in [-0.4, -0.2) is 34.9 Å². The highest BCUT2D eigenvalue weighted by Gasteiger charge is 2.22. The van der Waals surface area contributed by atoms with E-state index in [1.807, 2.05) is 26.0 Å². The summed E-state index contributed by atoms with van der Waals surface area (Å²) in [6.45, 7) is 13.8. The Bertz CT molecular complexity index is 606.